The van der Waals surface area contributed by atoms with E-state index in [9.17, 15) is 34.2 Å². The number of allylic oxidation sites excluding steroid dienone is 1. The third kappa shape index (κ3) is 17.7. The number of alkyl halides is 2. The van der Waals surface area contributed by atoms with Crippen molar-refractivity contribution in [2.45, 2.75) is 68.8 Å². The van der Waals surface area contributed by atoms with Crippen molar-refractivity contribution < 1.29 is 70.5 Å². The number of aliphatic hydroxyl groups is 1. The number of benzene rings is 7. The number of fused-ring (bicyclic) bond motifs is 3. The smallest absolute Gasteiger partial charge is 0.337 e. The molecule has 1 aliphatic carbocycles. The van der Waals surface area contributed by atoms with Crippen LogP contribution in [0.3, 0.4) is 0 Å². The fraction of sp³-hybridized carbons (Fsp3) is 0.323. The summed E-state index contributed by atoms with van der Waals surface area (Å²) in [4.78, 5) is 47.6. The highest BCUT2D eigenvalue weighted by molar-refractivity contribution is 6.00. The number of esters is 1. The molecule has 7 aliphatic rings. The fourth-order valence-corrected chi connectivity index (χ4v) is 16.3. The summed E-state index contributed by atoms with van der Waals surface area (Å²) in [7, 11) is 3.05. The Kier molecular flexibility index (Phi) is 24.3. The lowest BCUT2D eigenvalue weighted by atomic mass is 9.98. The topological polar surface area (TPSA) is 279 Å². The second-order valence-electron chi connectivity index (χ2n) is 30.2. The summed E-state index contributed by atoms with van der Waals surface area (Å²) in [5.41, 5.74) is 17.8. The highest BCUT2D eigenvalue weighted by Crippen LogP contribution is 2.43. The summed E-state index contributed by atoms with van der Waals surface area (Å²) in [6.07, 6.45) is 7.59. The van der Waals surface area contributed by atoms with Crippen LogP contribution in [0.25, 0.3) is 89.5 Å². The number of nitrogens with zero attached hydrogens (tertiary/aromatic N) is 9. The van der Waals surface area contributed by atoms with Crippen LogP contribution >= 0.6 is 0 Å². The summed E-state index contributed by atoms with van der Waals surface area (Å²) >= 11 is 0. The molecule has 26 heteroatoms. The third-order valence-electron chi connectivity index (χ3n) is 23.0. The number of amides is 1. The lowest BCUT2D eigenvalue weighted by molar-refractivity contribution is -0.161. The number of hydrogen-bond donors (Lipinski definition) is 3. The largest absolute Gasteiger partial charge is 0.495 e. The molecule has 23 nitrogen and oxygen atoms in total. The number of rotatable bonds is 18. The maximum absolute atomic E-state index is 15.3. The standard InChI is InChI=1S/C34H34F2N6O4.C31H30FN3O4.C28H24N2O4/c35-34(36)21-42(33(44)18-43)9-8-32(34)46-31-17-38-30(14-23(31)16-37)26-2-1-3-28-27(26)15-29(39-28)22-4-6-24(7-5-22)40-10-12-41(13-11-40)25-19-45-20-25;1-36-30-17-20(2-6-28(30)35-10-14-38-15-11-35)27-18-24-26(34-27)5-4-25(32)31(24)21-3-7-29(22(16-21)19-33)39-23-8-12-37-13-9-23;1-32-28(31)19-4-2-18(3-5-19)21-15-25-24(8-11-30-26(25)16-21)20-6-7-27(22(14-20)17-29)34-23-9-12-33-13-10-23/h1-7,14-15,17,25,32,39,43H,8-13,18-21H2;2-7,16-18,23,34H,8-15H2,1H3;2-8,11,14-15,23H,9-10,12-13,16H2,1H3. The van der Waals surface area contributed by atoms with Gasteiger partial charge in [-0.05, 0) is 143 Å². The van der Waals surface area contributed by atoms with Gasteiger partial charge in [-0.25, -0.2) is 18.0 Å². The number of aromatic amines is 2. The van der Waals surface area contributed by atoms with E-state index in [4.69, 9.17) is 47.7 Å². The molecule has 3 N–H and O–H groups in total. The van der Waals surface area contributed by atoms with E-state index in [-0.39, 0.29) is 48.3 Å². The van der Waals surface area contributed by atoms with E-state index in [1.807, 2.05) is 85.1 Å². The minimum Gasteiger partial charge on any atom is -0.495 e. The number of carbonyl (C=O) groups is 2. The van der Waals surface area contributed by atoms with E-state index in [1.165, 1.54) is 25.1 Å². The van der Waals surface area contributed by atoms with Crippen molar-refractivity contribution in [1.82, 2.24) is 29.7 Å². The van der Waals surface area contributed by atoms with Crippen LogP contribution in [0.15, 0.2) is 170 Å². The Morgan fingerprint density at radius 2 is 1.20 bits per heavy atom. The number of carbonyl (C=O) groups excluding carboxylic acids is 2. The number of methoxy groups -OCH3 is 2. The highest BCUT2D eigenvalue weighted by atomic mass is 19.3. The first-order chi connectivity index (χ1) is 58.1. The zero-order chi connectivity index (χ0) is 82.1. The maximum Gasteiger partial charge on any atom is 0.337 e. The molecule has 0 bridgehead atoms. The number of morpholine rings is 1. The highest BCUT2D eigenvalue weighted by Gasteiger charge is 2.48. The zero-order valence-electron chi connectivity index (χ0n) is 65.9. The molecular weight excluding hydrogens is 1520 g/mol. The normalized spacial score (nSPS) is 17.6. The first-order valence-corrected chi connectivity index (χ1v) is 40.0. The van der Waals surface area contributed by atoms with E-state index in [2.05, 4.69) is 95.3 Å². The molecule has 11 aromatic rings. The lowest BCUT2D eigenvalue weighted by Crippen LogP contribution is -2.56. The average molecular weight is 1610 g/mol. The van der Waals surface area contributed by atoms with Crippen molar-refractivity contribution in [3.05, 3.63) is 215 Å². The van der Waals surface area contributed by atoms with E-state index in [1.54, 1.807) is 43.5 Å². The molecule has 7 aromatic carbocycles. The minimum atomic E-state index is -3.36. The molecule has 6 aliphatic heterocycles. The van der Waals surface area contributed by atoms with Crippen molar-refractivity contribution in [1.29, 1.82) is 15.8 Å². The molecule has 1 unspecified atom stereocenters. The molecule has 1 amide bonds. The van der Waals surface area contributed by atoms with E-state index in [0.717, 1.165) is 178 Å². The Morgan fingerprint density at radius 3 is 1.85 bits per heavy atom. The molecule has 608 valence electrons. The molecule has 18 rings (SSSR count). The summed E-state index contributed by atoms with van der Waals surface area (Å²) in [5.74, 6) is -2.96. The van der Waals surface area contributed by atoms with Gasteiger partial charge < -0.3 is 72.4 Å². The van der Waals surface area contributed by atoms with Crippen LogP contribution in [0.1, 0.15) is 76.0 Å². The molecule has 0 radical (unpaired) electrons. The molecule has 0 saturated carbocycles. The minimum absolute atomic E-state index is 0.00993. The van der Waals surface area contributed by atoms with Gasteiger partial charge in [0.05, 0.1) is 125 Å². The van der Waals surface area contributed by atoms with E-state index >= 15 is 4.39 Å². The lowest BCUT2D eigenvalue weighted by Gasteiger charge is -2.43. The quantitative estimate of drug-likeness (QED) is 0.0673. The summed E-state index contributed by atoms with van der Waals surface area (Å²) in [6.45, 7) is 9.74. The first-order valence-electron chi connectivity index (χ1n) is 40.0. The van der Waals surface area contributed by atoms with Gasteiger partial charge in [-0.15, -0.1) is 0 Å². The van der Waals surface area contributed by atoms with Gasteiger partial charge in [0.15, 0.2) is 11.9 Å². The van der Waals surface area contributed by atoms with Crippen molar-refractivity contribution >= 4 is 56.7 Å². The number of halogens is 3. The fourth-order valence-electron chi connectivity index (χ4n) is 16.3. The number of ether oxygens (including phenoxy) is 9. The second kappa shape index (κ2) is 36.1. The van der Waals surface area contributed by atoms with Gasteiger partial charge in [0.2, 0.25) is 5.91 Å². The first kappa shape index (κ1) is 80.2. The Balaban J connectivity index is 0.000000135. The molecule has 6 fully saturated rings. The van der Waals surface area contributed by atoms with Crippen molar-refractivity contribution in [3.63, 3.8) is 0 Å². The third-order valence-corrected chi connectivity index (χ3v) is 23.0. The van der Waals surface area contributed by atoms with Gasteiger partial charge in [-0.3, -0.25) is 19.7 Å². The molecule has 10 heterocycles. The van der Waals surface area contributed by atoms with Gasteiger partial charge in [0.1, 0.15) is 60.1 Å². The van der Waals surface area contributed by atoms with Gasteiger partial charge >= 0.3 is 11.9 Å². The van der Waals surface area contributed by atoms with Crippen LogP contribution in [0.5, 0.6) is 23.0 Å². The van der Waals surface area contributed by atoms with Crippen LogP contribution < -0.4 is 28.7 Å². The van der Waals surface area contributed by atoms with Gasteiger partial charge in [0.25, 0.3) is 0 Å². The number of hydrogen-bond acceptors (Lipinski definition) is 20. The number of nitriles is 3. The monoisotopic (exact) mass is 1610 g/mol. The Bertz CT molecular complexity index is 5710. The van der Waals surface area contributed by atoms with Crippen LogP contribution in [0.2, 0.25) is 0 Å². The van der Waals surface area contributed by atoms with Crippen molar-refractivity contribution in [2.75, 3.05) is 136 Å². The predicted molar refractivity (Wildman–Crippen MR) is 444 cm³/mol. The van der Waals surface area contributed by atoms with Crippen LogP contribution in [0.4, 0.5) is 24.5 Å². The Morgan fingerprint density at radius 1 is 0.580 bits per heavy atom. The van der Waals surface area contributed by atoms with Gasteiger partial charge in [-0.1, -0.05) is 54.6 Å². The van der Waals surface area contributed by atoms with Crippen molar-refractivity contribution in [2.24, 2.45) is 0 Å². The van der Waals surface area contributed by atoms with Crippen LogP contribution in [0, 0.1) is 39.8 Å². The molecule has 1 atom stereocenters. The number of pyridine rings is 2. The number of aliphatic hydroxyl groups excluding tert-OH is 1. The van der Waals surface area contributed by atoms with E-state index < -0.39 is 31.1 Å². The summed E-state index contributed by atoms with van der Waals surface area (Å²) in [6, 6.07) is 56.8. The average Bonchev–Trinajstić information content (AvgIpc) is 1.65. The van der Waals surface area contributed by atoms with Gasteiger partial charge in [0, 0.05) is 152 Å². The summed E-state index contributed by atoms with van der Waals surface area (Å²) < 4.78 is 95.0. The maximum atomic E-state index is 15.3. The van der Waals surface area contributed by atoms with E-state index in [0.29, 0.717) is 97.1 Å². The number of aromatic nitrogens is 4. The second-order valence-corrected chi connectivity index (χ2v) is 30.2. The molecule has 6 saturated heterocycles. The molecule has 0 spiro atoms. The Hall–Kier alpha value is -12.6. The van der Waals surface area contributed by atoms with Crippen LogP contribution in [-0.2, 0) is 34.9 Å². The molecular formula is C93H88F3N11O12. The predicted octanol–water partition coefficient (Wildman–Crippen LogP) is 14.9. The molecule has 4 aromatic heterocycles. The number of piperazine rings is 1. The zero-order valence-corrected chi connectivity index (χ0v) is 65.9. The summed E-state index contributed by atoms with van der Waals surface area (Å²) in [5, 5.41) is 40.2. The molecule has 119 heavy (non-hydrogen) atoms. The number of anilines is 2. The Labute approximate surface area is 686 Å². The number of nitrogens with one attached hydrogen (secondary N) is 2. The van der Waals surface area contributed by atoms with Crippen molar-refractivity contribution in [3.8, 4) is 97.2 Å². The number of piperidine rings is 1. The number of H-pyrrole nitrogens is 2. The van der Waals surface area contributed by atoms with Crippen LogP contribution in [-0.4, -0.2) is 203 Å². The SMILES string of the molecule is COC(=O)c1ccc(C2=Cc3c(-c4ccc(OC5CCOCC5)c(C#N)c4)ccnc3C2)cc1.COc1cc(-c2cc3c(-c4ccc(OC5CCOCC5)c(C#N)c4)c(F)ccc3[nH]2)ccc1N1CCOCC1.N#Cc1cc(-c2cccc3[nH]c(-c4ccc(N5CCN(C6COC6)CC5)cc4)cc23)ncc1OC1CCN(C(=O)CO)CC1(F)F. The van der Waals surface area contributed by atoms with Gasteiger partial charge in [-0.2, -0.15) is 15.8 Å². The number of likely N-dealkylation sites (tertiary alicyclic amines) is 1.